The van der Waals surface area contributed by atoms with Crippen molar-refractivity contribution in [1.29, 1.82) is 0 Å². The Kier molecular flexibility index (Phi) is 3.39. The second kappa shape index (κ2) is 5.22. The molecule has 1 aromatic heterocycles. The van der Waals surface area contributed by atoms with E-state index in [1.165, 1.54) is 6.07 Å². The van der Waals surface area contributed by atoms with E-state index < -0.39 is 5.82 Å². The summed E-state index contributed by atoms with van der Waals surface area (Å²) in [5, 5.41) is 3.79. The van der Waals surface area contributed by atoms with Crippen LogP contribution in [0.15, 0.2) is 47.0 Å². The molecule has 0 bridgehead atoms. The molecule has 0 aliphatic heterocycles. The molecule has 3 aromatic rings. The minimum atomic E-state index is -0.539. The van der Waals surface area contributed by atoms with Gasteiger partial charge in [-0.1, -0.05) is 52.7 Å². The molecule has 2 N–H and O–H groups in total. The van der Waals surface area contributed by atoms with E-state index in [0.717, 1.165) is 11.1 Å². The first kappa shape index (κ1) is 13.6. The van der Waals surface area contributed by atoms with E-state index in [-0.39, 0.29) is 16.4 Å². The third kappa shape index (κ3) is 2.38. The standard InChI is InChI=1S/C16H12ClFN2O/c1-9-4-2-5-10(8-9)15-13(16(19)20-21-15)11-6-3-7-12(17)14(11)18/h2-8H,1H3,(H2,19,20). The lowest BCUT2D eigenvalue weighted by Gasteiger charge is -2.06. The molecule has 0 aliphatic rings. The van der Waals surface area contributed by atoms with Gasteiger partial charge in [-0.05, 0) is 19.1 Å². The molecule has 0 atom stereocenters. The number of aromatic nitrogens is 1. The molecule has 0 fully saturated rings. The minimum absolute atomic E-state index is 0.0308. The summed E-state index contributed by atoms with van der Waals surface area (Å²) in [6.07, 6.45) is 0. The van der Waals surface area contributed by atoms with Gasteiger partial charge in [-0.3, -0.25) is 0 Å². The normalized spacial score (nSPS) is 10.8. The lowest BCUT2D eigenvalue weighted by molar-refractivity contribution is 0.436. The number of hydrogen-bond donors (Lipinski definition) is 1. The summed E-state index contributed by atoms with van der Waals surface area (Å²) in [5.74, 6) is 0.0213. The molecule has 0 radical (unpaired) electrons. The first-order valence-electron chi connectivity index (χ1n) is 6.34. The fourth-order valence-electron chi connectivity index (χ4n) is 2.24. The molecule has 0 spiro atoms. The van der Waals surface area contributed by atoms with E-state index in [0.29, 0.717) is 11.3 Å². The number of nitrogens with two attached hydrogens (primary N) is 1. The van der Waals surface area contributed by atoms with Gasteiger partial charge in [0.05, 0.1) is 10.6 Å². The molecule has 0 saturated carbocycles. The van der Waals surface area contributed by atoms with Crippen LogP contribution in [-0.4, -0.2) is 5.16 Å². The Morgan fingerprint density at radius 2 is 1.95 bits per heavy atom. The van der Waals surface area contributed by atoms with E-state index in [1.807, 2.05) is 31.2 Å². The minimum Gasteiger partial charge on any atom is -0.380 e. The van der Waals surface area contributed by atoms with Crippen LogP contribution < -0.4 is 5.73 Å². The maximum absolute atomic E-state index is 14.3. The van der Waals surface area contributed by atoms with Gasteiger partial charge in [-0.25, -0.2) is 4.39 Å². The molecule has 1 heterocycles. The van der Waals surface area contributed by atoms with Crippen molar-refractivity contribution in [3.8, 4) is 22.5 Å². The number of aryl methyl sites for hydroxylation is 1. The molecule has 0 aliphatic carbocycles. The highest BCUT2D eigenvalue weighted by Gasteiger charge is 2.21. The molecular formula is C16H12ClFN2O. The molecule has 3 nitrogen and oxygen atoms in total. The topological polar surface area (TPSA) is 52.0 Å². The van der Waals surface area contributed by atoms with Crippen molar-refractivity contribution in [3.05, 3.63) is 58.9 Å². The first-order chi connectivity index (χ1) is 10.1. The van der Waals surface area contributed by atoms with Gasteiger partial charge in [0.1, 0.15) is 5.82 Å². The highest BCUT2D eigenvalue weighted by Crippen LogP contribution is 2.39. The van der Waals surface area contributed by atoms with Crippen molar-refractivity contribution in [2.24, 2.45) is 0 Å². The molecule has 0 amide bonds. The molecule has 0 unspecified atom stereocenters. The lowest BCUT2D eigenvalue weighted by atomic mass is 10.00. The molecule has 3 rings (SSSR count). The van der Waals surface area contributed by atoms with Gasteiger partial charge < -0.3 is 10.3 Å². The highest BCUT2D eigenvalue weighted by molar-refractivity contribution is 6.31. The summed E-state index contributed by atoms with van der Waals surface area (Å²) in [4.78, 5) is 0. The van der Waals surface area contributed by atoms with Gasteiger partial charge in [0, 0.05) is 11.1 Å². The van der Waals surface area contributed by atoms with Crippen LogP contribution in [0.4, 0.5) is 10.2 Å². The van der Waals surface area contributed by atoms with Crippen molar-refractivity contribution in [2.45, 2.75) is 6.92 Å². The van der Waals surface area contributed by atoms with Crippen molar-refractivity contribution < 1.29 is 8.91 Å². The Morgan fingerprint density at radius 1 is 1.19 bits per heavy atom. The Bertz CT molecular complexity index is 814. The van der Waals surface area contributed by atoms with Crippen molar-refractivity contribution in [1.82, 2.24) is 5.16 Å². The number of hydrogen-bond acceptors (Lipinski definition) is 3. The first-order valence-corrected chi connectivity index (χ1v) is 6.72. The largest absolute Gasteiger partial charge is 0.380 e. The summed E-state index contributed by atoms with van der Waals surface area (Å²) < 4.78 is 19.6. The fourth-order valence-corrected chi connectivity index (χ4v) is 2.42. The van der Waals surface area contributed by atoms with E-state index >= 15 is 0 Å². The zero-order chi connectivity index (χ0) is 15.0. The molecule has 0 saturated heterocycles. The van der Waals surface area contributed by atoms with Gasteiger partial charge in [-0.2, -0.15) is 0 Å². The van der Waals surface area contributed by atoms with Crippen LogP contribution in [0.25, 0.3) is 22.5 Å². The van der Waals surface area contributed by atoms with E-state index in [1.54, 1.807) is 12.1 Å². The summed E-state index contributed by atoms with van der Waals surface area (Å²) >= 11 is 5.84. The molecule has 106 valence electrons. The molecule has 2 aromatic carbocycles. The van der Waals surface area contributed by atoms with Gasteiger partial charge in [0.2, 0.25) is 0 Å². The number of benzene rings is 2. The Labute approximate surface area is 126 Å². The SMILES string of the molecule is Cc1cccc(-c2onc(N)c2-c2cccc(Cl)c2F)c1. The van der Waals surface area contributed by atoms with Crippen molar-refractivity contribution >= 4 is 17.4 Å². The third-order valence-corrected chi connectivity index (χ3v) is 3.51. The fraction of sp³-hybridized carbons (Fsp3) is 0.0625. The Balaban J connectivity index is 2.25. The Hall–Kier alpha value is -2.33. The predicted octanol–water partition coefficient (Wildman–Crippen LogP) is 4.69. The smallest absolute Gasteiger partial charge is 0.177 e. The molecule has 21 heavy (non-hydrogen) atoms. The zero-order valence-corrected chi connectivity index (χ0v) is 12.0. The number of halogens is 2. The summed E-state index contributed by atoms with van der Waals surface area (Å²) in [7, 11) is 0. The average molecular weight is 303 g/mol. The van der Waals surface area contributed by atoms with Crippen LogP contribution in [0.5, 0.6) is 0 Å². The quantitative estimate of drug-likeness (QED) is 0.747. The zero-order valence-electron chi connectivity index (χ0n) is 11.2. The average Bonchev–Trinajstić information content (AvgIpc) is 2.84. The number of anilines is 1. The van der Waals surface area contributed by atoms with Crippen LogP contribution in [0, 0.1) is 12.7 Å². The monoisotopic (exact) mass is 302 g/mol. The van der Waals surface area contributed by atoms with E-state index in [4.69, 9.17) is 21.9 Å². The van der Waals surface area contributed by atoms with Crippen LogP contribution in [-0.2, 0) is 0 Å². The van der Waals surface area contributed by atoms with E-state index in [2.05, 4.69) is 5.16 Å². The third-order valence-electron chi connectivity index (χ3n) is 3.22. The maximum atomic E-state index is 14.3. The second-order valence-corrected chi connectivity index (χ2v) is 5.15. The molecule has 5 heteroatoms. The van der Waals surface area contributed by atoms with Crippen LogP contribution >= 0.6 is 11.6 Å². The van der Waals surface area contributed by atoms with E-state index in [9.17, 15) is 4.39 Å². The van der Waals surface area contributed by atoms with Gasteiger partial charge in [0.25, 0.3) is 0 Å². The van der Waals surface area contributed by atoms with Crippen LogP contribution in [0.3, 0.4) is 0 Å². The summed E-state index contributed by atoms with van der Waals surface area (Å²) in [5.41, 5.74) is 8.39. The van der Waals surface area contributed by atoms with Crippen LogP contribution in [0.1, 0.15) is 5.56 Å². The number of rotatable bonds is 2. The Morgan fingerprint density at radius 3 is 2.71 bits per heavy atom. The molecular weight excluding hydrogens is 291 g/mol. The number of nitrogens with zero attached hydrogens (tertiary/aromatic N) is 1. The summed E-state index contributed by atoms with van der Waals surface area (Å²) in [6, 6.07) is 12.4. The lowest BCUT2D eigenvalue weighted by Crippen LogP contribution is -1.92. The van der Waals surface area contributed by atoms with Gasteiger partial charge in [0.15, 0.2) is 11.6 Å². The highest BCUT2D eigenvalue weighted by atomic mass is 35.5. The van der Waals surface area contributed by atoms with Crippen molar-refractivity contribution in [3.63, 3.8) is 0 Å². The summed E-state index contributed by atoms with van der Waals surface area (Å²) in [6.45, 7) is 1.96. The predicted molar refractivity (Wildman–Crippen MR) is 81.5 cm³/mol. The second-order valence-electron chi connectivity index (χ2n) is 4.74. The van der Waals surface area contributed by atoms with Gasteiger partial charge >= 0.3 is 0 Å². The van der Waals surface area contributed by atoms with Crippen LogP contribution in [0.2, 0.25) is 5.02 Å². The maximum Gasteiger partial charge on any atom is 0.177 e. The van der Waals surface area contributed by atoms with Crippen molar-refractivity contribution in [2.75, 3.05) is 5.73 Å². The van der Waals surface area contributed by atoms with Gasteiger partial charge in [-0.15, -0.1) is 0 Å². The number of nitrogen functional groups attached to an aromatic ring is 1.